The summed E-state index contributed by atoms with van der Waals surface area (Å²) in [5.41, 5.74) is 0. The monoisotopic (exact) mass is 857 g/mol. The van der Waals surface area contributed by atoms with Crippen molar-refractivity contribution in [2.75, 3.05) is 13.2 Å². The van der Waals surface area contributed by atoms with Gasteiger partial charge in [-0.2, -0.15) is 0 Å². The number of carbonyl (C=O) groups is 3. The molecule has 0 aromatic heterocycles. The summed E-state index contributed by atoms with van der Waals surface area (Å²) in [6.45, 7) is 6.61. The quantitative estimate of drug-likeness (QED) is 0.0262. The van der Waals surface area contributed by atoms with Crippen LogP contribution >= 0.6 is 0 Å². The zero-order valence-electron chi connectivity index (χ0n) is 40.7. The maximum atomic E-state index is 12.8. The molecule has 6 nitrogen and oxygen atoms in total. The van der Waals surface area contributed by atoms with Crippen LogP contribution < -0.4 is 0 Å². The van der Waals surface area contributed by atoms with Gasteiger partial charge in [0.05, 0.1) is 0 Å². The average Bonchev–Trinajstić information content (AvgIpc) is 3.26. The van der Waals surface area contributed by atoms with Crippen molar-refractivity contribution in [3.8, 4) is 0 Å². The molecule has 356 valence electrons. The lowest BCUT2D eigenvalue weighted by molar-refractivity contribution is -0.167. The van der Waals surface area contributed by atoms with Crippen LogP contribution in [0.5, 0.6) is 0 Å². The lowest BCUT2D eigenvalue weighted by atomic mass is 10.0. The van der Waals surface area contributed by atoms with Crippen LogP contribution in [0, 0.1) is 0 Å². The molecule has 0 aliphatic carbocycles. The SMILES string of the molecule is CCCCC/C=C\C/C=C\C/C=C\CCCCCCC(=O)OC[C@@H](COC(=O)CCCCCCCCCCCCCC)OC(=O)CCCCCCCCCCCCCCCC. The molecule has 0 radical (unpaired) electrons. The van der Waals surface area contributed by atoms with E-state index in [1.165, 1.54) is 154 Å². The van der Waals surface area contributed by atoms with Gasteiger partial charge < -0.3 is 14.2 Å². The fourth-order valence-corrected chi connectivity index (χ4v) is 7.63. The molecule has 0 N–H and O–H groups in total. The summed E-state index contributed by atoms with van der Waals surface area (Å²) < 4.78 is 16.8. The van der Waals surface area contributed by atoms with Crippen LogP contribution in [0.3, 0.4) is 0 Å². The summed E-state index contributed by atoms with van der Waals surface area (Å²) in [6.07, 6.45) is 58.3. The van der Waals surface area contributed by atoms with E-state index in [4.69, 9.17) is 14.2 Å². The van der Waals surface area contributed by atoms with E-state index in [0.717, 1.165) is 83.5 Å². The van der Waals surface area contributed by atoms with Gasteiger partial charge in [0, 0.05) is 19.3 Å². The highest BCUT2D eigenvalue weighted by molar-refractivity contribution is 5.71. The molecule has 0 heterocycles. The van der Waals surface area contributed by atoms with Gasteiger partial charge in [0.15, 0.2) is 6.10 Å². The third kappa shape index (κ3) is 48.5. The van der Waals surface area contributed by atoms with E-state index in [0.29, 0.717) is 19.3 Å². The Hall–Kier alpha value is -2.37. The van der Waals surface area contributed by atoms with Gasteiger partial charge in [0.25, 0.3) is 0 Å². The Morgan fingerprint density at radius 2 is 0.590 bits per heavy atom. The molecule has 61 heavy (non-hydrogen) atoms. The molecule has 0 saturated heterocycles. The van der Waals surface area contributed by atoms with Crippen LogP contribution in [0.15, 0.2) is 36.5 Å². The third-order valence-electron chi connectivity index (χ3n) is 11.6. The van der Waals surface area contributed by atoms with Crippen LogP contribution in [0.1, 0.15) is 278 Å². The number of hydrogen-bond acceptors (Lipinski definition) is 6. The maximum absolute atomic E-state index is 12.8. The van der Waals surface area contributed by atoms with Crippen LogP contribution in [0.2, 0.25) is 0 Å². The Labute approximate surface area is 378 Å². The molecule has 0 aliphatic heterocycles. The van der Waals surface area contributed by atoms with Crippen molar-refractivity contribution in [1.29, 1.82) is 0 Å². The molecule has 6 heteroatoms. The van der Waals surface area contributed by atoms with Crippen molar-refractivity contribution in [2.24, 2.45) is 0 Å². The first-order valence-electron chi connectivity index (χ1n) is 26.5. The highest BCUT2D eigenvalue weighted by Crippen LogP contribution is 2.16. The van der Waals surface area contributed by atoms with Gasteiger partial charge in [-0.3, -0.25) is 14.4 Å². The minimum Gasteiger partial charge on any atom is -0.462 e. The van der Waals surface area contributed by atoms with Gasteiger partial charge in [-0.25, -0.2) is 0 Å². The van der Waals surface area contributed by atoms with Crippen molar-refractivity contribution in [1.82, 2.24) is 0 Å². The number of ether oxygens (including phenoxy) is 3. The molecule has 0 aromatic rings. The van der Waals surface area contributed by atoms with Crippen molar-refractivity contribution in [3.05, 3.63) is 36.5 Å². The summed E-state index contributed by atoms with van der Waals surface area (Å²) >= 11 is 0. The van der Waals surface area contributed by atoms with Gasteiger partial charge in [-0.05, 0) is 57.8 Å². The number of rotatable bonds is 48. The Morgan fingerprint density at radius 1 is 0.328 bits per heavy atom. The zero-order chi connectivity index (χ0) is 44.4. The van der Waals surface area contributed by atoms with E-state index < -0.39 is 6.10 Å². The molecule has 0 rings (SSSR count). The number of carbonyl (C=O) groups excluding carboxylic acids is 3. The van der Waals surface area contributed by atoms with Gasteiger partial charge >= 0.3 is 17.9 Å². The third-order valence-corrected chi connectivity index (χ3v) is 11.6. The largest absolute Gasteiger partial charge is 0.462 e. The molecule has 0 saturated carbocycles. The standard InChI is InChI=1S/C55H100O6/c1-4-7-10-13-16-19-22-25-27-28-29-31-33-36-39-42-45-48-54(57)60-51-52(50-59-53(56)47-44-41-38-35-32-24-21-18-15-12-9-6-3)61-55(58)49-46-43-40-37-34-30-26-23-20-17-14-11-8-5-2/h16,19,25,27,29,31,52H,4-15,17-18,20-24,26,28,30,32-51H2,1-3H3/b19-16-,27-25-,31-29-/t52-/m1/s1. The molecule has 0 amide bonds. The fourth-order valence-electron chi connectivity index (χ4n) is 7.63. The van der Waals surface area contributed by atoms with Crippen molar-refractivity contribution in [3.63, 3.8) is 0 Å². The number of hydrogen-bond donors (Lipinski definition) is 0. The summed E-state index contributed by atoms with van der Waals surface area (Å²) in [4.78, 5) is 38.0. The average molecular weight is 857 g/mol. The molecule has 0 bridgehead atoms. The predicted molar refractivity (Wildman–Crippen MR) is 261 cm³/mol. The van der Waals surface area contributed by atoms with Gasteiger partial charge in [0.1, 0.15) is 13.2 Å². The van der Waals surface area contributed by atoms with Crippen LogP contribution in [0.25, 0.3) is 0 Å². The smallest absolute Gasteiger partial charge is 0.306 e. The number of unbranched alkanes of at least 4 members (excludes halogenated alkanes) is 31. The summed E-state index contributed by atoms with van der Waals surface area (Å²) in [5, 5.41) is 0. The fraction of sp³-hybridized carbons (Fsp3) is 0.836. The predicted octanol–water partition coefficient (Wildman–Crippen LogP) is 17.3. The van der Waals surface area contributed by atoms with Gasteiger partial charge in [-0.15, -0.1) is 0 Å². The Balaban J connectivity index is 4.38. The van der Waals surface area contributed by atoms with E-state index in [-0.39, 0.29) is 31.1 Å². The van der Waals surface area contributed by atoms with E-state index in [9.17, 15) is 14.4 Å². The number of allylic oxidation sites excluding steroid dienone is 6. The summed E-state index contributed by atoms with van der Waals surface area (Å²) in [6, 6.07) is 0. The summed E-state index contributed by atoms with van der Waals surface area (Å²) in [5.74, 6) is -0.885. The van der Waals surface area contributed by atoms with Crippen molar-refractivity contribution in [2.45, 2.75) is 284 Å². The lowest BCUT2D eigenvalue weighted by Crippen LogP contribution is -2.30. The van der Waals surface area contributed by atoms with Crippen molar-refractivity contribution >= 4 is 17.9 Å². The minimum atomic E-state index is -0.775. The Morgan fingerprint density at radius 3 is 0.951 bits per heavy atom. The van der Waals surface area contributed by atoms with Crippen LogP contribution in [-0.4, -0.2) is 37.2 Å². The van der Waals surface area contributed by atoms with E-state index in [1.54, 1.807) is 0 Å². The van der Waals surface area contributed by atoms with Crippen LogP contribution in [0.4, 0.5) is 0 Å². The second-order valence-corrected chi connectivity index (χ2v) is 17.8. The molecule has 1 atom stereocenters. The minimum absolute atomic E-state index is 0.0751. The first-order valence-corrected chi connectivity index (χ1v) is 26.5. The van der Waals surface area contributed by atoms with E-state index in [2.05, 4.69) is 57.2 Å². The molecule has 0 unspecified atom stereocenters. The molecule has 0 fully saturated rings. The van der Waals surface area contributed by atoms with E-state index >= 15 is 0 Å². The molecular weight excluding hydrogens is 757 g/mol. The first kappa shape index (κ1) is 58.6. The maximum Gasteiger partial charge on any atom is 0.306 e. The van der Waals surface area contributed by atoms with Gasteiger partial charge in [-0.1, -0.05) is 237 Å². The molecule has 0 aliphatic rings. The first-order chi connectivity index (χ1) is 30.0. The van der Waals surface area contributed by atoms with E-state index in [1.807, 2.05) is 0 Å². The van der Waals surface area contributed by atoms with Crippen molar-refractivity contribution < 1.29 is 28.6 Å². The Kier molecular flexibility index (Phi) is 48.3. The number of esters is 3. The highest BCUT2D eigenvalue weighted by atomic mass is 16.6. The topological polar surface area (TPSA) is 78.9 Å². The molecular formula is C55H100O6. The highest BCUT2D eigenvalue weighted by Gasteiger charge is 2.19. The van der Waals surface area contributed by atoms with Gasteiger partial charge in [0.2, 0.25) is 0 Å². The second kappa shape index (κ2) is 50.3. The summed E-state index contributed by atoms with van der Waals surface area (Å²) in [7, 11) is 0. The Bertz CT molecular complexity index is 1030. The zero-order valence-corrected chi connectivity index (χ0v) is 40.7. The normalized spacial score (nSPS) is 12.2. The second-order valence-electron chi connectivity index (χ2n) is 17.8. The van der Waals surface area contributed by atoms with Crippen LogP contribution in [-0.2, 0) is 28.6 Å². The lowest BCUT2D eigenvalue weighted by Gasteiger charge is -2.18. The molecule has 0 aromatic carbocycles. The molecule has 0 spiro atoms.